The van der Waals surface area contributed by atoms with Gasteiger partial charge in [-0.15, -0.1) is 0 Å². The second kappa shape index (κ2) is 2.98. The van der Waals surface area contributed by atoms with Crippen molar-refractivity contribution in [3.63, 3.8) is 0 Å². The van der Waals surface area contributed by atoms with Gasteiger partial charge in [-0.1, -0.05) is 0 Å². The molecule has 0 aliphatic heterocycles. The number of aromatic amines is 1. The fourth-order valence-corrected chi connectivity index (χ4v) is 1.62. The molecule has 0 atom stereocenters. The van der Waals surface area contributed by atoms with Crippen LogP contribution >= 0.6 is 22.6 Å². The van der Waals surface area contributed by atoms with Crippen LogP contribution in [0.4, 0.5) is 5.82 Å². The summed E-state index contributed by atoms with van der Waals surface area (Å²) in [4.78, 5) is 7.95. The van der Waals surface area contributed by atoms with Crippen molar-refractivity contribution in [1.29, 1.82) is 0 Å². The quantitative estimate of drug-likeness (QED) is 0.749. The Labute approximate surface area is 87.0 Å². The Kier molecular flexibility index (Phi) is 1.94. The van der Waals surface area contributed by atoms with Crippen LogP contribution in [0.1, 0.15) is 0 Å². The number of methoxy groups -OCH3 is 1. The van der Waals surface area contributed by atoms with Gasteiger partial charge in [-0.2, -0.15) is 15.1 Å². The number of nitrogens with zero attached hydrogens (tertiary/aromatic N) is 3. The number of hydrogen-bond acceptors (Lipinski definition) is 5. The van der Waals surface area contributed by atoms with Gasteiger partial charge in [-0.3, -0.25) is 5.10 Å². The van der Waals surface area contributed by atoms with Gasteiger partial charge in [0.15, 0.2) is 5.65 Å². The fraction of sp³-hybridized carbons (Fsp3) is 0.167. The summed E-state index contributed by atoms with van der Waals surface area (Å²) in [5.41, 5.74) is 6.20. The number of hydrogen-bond donors (Lipinski definition) is 2. The van der Waals surface area contributed by atoms with Gasteiger partial charge in [0.25, 0.3) is 0 Å². The molecule has 0 aliphatic carbocycles. The maximum Gasteiger partial charge on any atom is 0.320 e. The number of rotatable bonds is 1. The normalized spacial score (nSPS) is 10.6. The first-order valence-electron chi connectivity index (χ1n) is 3.43. The Morgan fingerprint density at radius 3 is 2.92 bits per heavy atom. The van der Waals surface area contributed by atoms with Crippen LogP contribution in [0.5, 0.6) is 6.01 Å². The minimum Gasteiger partial charge on any atom is -0.467 e. The highest BCUT2D eigenvalue weighted by Gasteiger charge is 2.10. The molecule has 0 amide bonds. The number of fused-ring (bicyclic) bond motifs is 1. The number of nitrogen functional groups attached to an aromatic ring is 1. The molecule has 0 unspecified atom stereocenters. The third kappa shape index (κ3) is 1.28. The number of halogens is 1. The number of anilines is 1. The largest absolute Gasteiger partial charge is 0.467 e. The molecule has 68 valence electrons. The Balaban J connectivity index is 2.79. The number of H-pyrrole nitrogens is 1. The lowest BCUT2D eigenvalue weighted by Crippen LogP contribution is -1.98. The van der Waals surface area contributed by atoms with Crippen LogP contribution in [0.2, 0.25) is 0 Å². The van der Waals surface area contributed by atoms with Crippen LogP contribution in [0, 0.1) is 3.70 Å². The maximum absolute atomic E-state index is 5.68. The van der Waals surface area contributed by atoms with Gasteiger partial charge in [0.05, 0.1) is 12.5 Å². The summed E-state index contributed by atoms with van der Waals surface area (Å²) in [5, 5.41) is 7.45. The zero-order valence-corrected chi connectivity index (χ0v) is 8.86. The zero-order valence-electron chi connectivity index (χ0n) is 6.71. The summed E-state index contributed by atoms with van der Waals surface area (Å²) in [5.74, 6) is 0.375. The third-order valence-corrected chi connectivity index (χ3v) is 2.34. The lowest BCUT2D eigenvalue weighted by molar-refractivity contribution is 0.382. The van der Waals surface area contributed by atoms with Crippen molar-refractivity contribution in [2.24, 2.45) is 0 Å². The number of aromatic nitrogens is 4. The summed E-state index contributed by atoms with van der Waals surface area (Å²) in [6.07, 6.45) is 0. The topological polar surface area (TPSA) is 89.7 Å². The molecule has 0 aliphatic rings. The molecule has 0 fully saturated rings. The van der Waals surface area contributed by atoms with Crippen molar-refractivity contribution in [2.75, 3.05) is 12.8 Å². The van der Waals surface area contributed by atoms with E-state index in [4.69, 9.17) is 10.5 Å². The predicted octanol–water partition coefficient (Wildman–Crippen LogP) is 0.548. The number of nitrogens with one attached hydrogen (secondary N) is 1. The van der Waals surface area contributed by atoms with Gasteiger partial charge >= 0.3 is 6.01 Å². The second-order valence-corrected chi connectivity index (χ2v) is 3.41. The molecule has 6 nitrogen and oxygen atoms in total. The second-order valence-electron chi connectivity index (χ2n) is 2.33. The Hall–Kier alpha value is -1.12. The number of nitrogens with two attached hydrogens (primary N) is 1. The Morgan fingerprint density at radius 1 is 1.46 bits per heavy atom. The lowest BCUT2D eigenvalue weighted by atomic mass is 10.4. The van der Waals surface area contributed by atoms with E-state index in [0.29, 0.717) is 11.5 Å². The molecule has 0 saturated heterocycles. The highest BCUT2D eigenvalue weighted by molar-refractivity contribution is 14.1. The molecular weight excluding hydrogens is 285 g/mol. The summed E-state index contributed by atoms with van der Waals surface area (Å²) < 4.78 is 5.68. The average Bonchev–Trinajstić information content (AvgIpc) is 2.48. The molecule has 2 aromatic heterocycles. The van der Waals surface area contributed by atoms with Crippen LogP contribution < -0.4 is 10.5 Å². The van der Waals surface area contributed by atoms with E-state index < -0.39 is 0 Å². The molecule has 0 aromatic carbocycles. The molecular formula is C6H6IN5O. The van der Waals surface area contributed by atoms with E-state index in [0.717, 1.165) is 9.09 Å². The molecule has 3 N–H and O–H groups in total. The summed E-state index contributed by atoms with van der Waals surface area (Å²) >= 11 is 2.08. The van der Waals surface area contributed by atoms with E-state index >= 15 is 0 Å². The summed E-state index contributed by atoms with van der Waals surface area (Å²) in [6.45, 7) is 0. The first-order valence-corrected chi connectivity index (χ1v) is 4.51. The van der Waals surface area contributed by atoms with Crippen LogP contribution in [0.15, 0.2) is 0 Å². The van der Waals surface area contributed by atoms with Gasteiger partial charge in [-0.25, -0.2) is 0 Å². The van der Waals surface area contributed by atoms with Crippen LogP contribution in [0.3, 0.4) is 0 Å². The van der Waals surface area contributed by atoms with E-state index in [9.17, 15) is 0 Å². The summed E-state index contributed by atoms with van der Waals surface area (Å²) in [6, 6.07) is 0.230. The van der Waals surface area contributed by atoms with Crippen LogP contribution in [-0.2, 0) is 0 Å². The first kappa shape index (κ1) is 8.48. The standard InChI is InChI=1S/C6H6IN5O/c1-13-6-9-4(8)2-3(7)11-12-5(2)10-6/h1H3,(H3,8,9,10,11,12). The van der Waals surface area contributed by atoms with Crippen molar-refractivity contribution < 1.29 is 4.74 Å². The van der Waals surface area contributed by atoms with Crippen molar-refractivity contribution in [1.82, 2.24) is 20.2 Å². The predicted molar refractivity (Wildman–Crippen MR) is 55.4 cm³/mol. The molecule has 0 bridgehead atoms. The SMILES string of the molecule is COc1nc(N)c2c(I)[nH]nc2n1. The minimum absolute atomic E-state index is 0.230. The van der Waals surface area contributed by atoms with Gasteiger partial charge in [-0.05, 0) is 22.6 Å². The molecule has 0 radical (unpaired) electrons. The van der Waals surface area contributed by atoms with E-state index in [1.807, 2.05) is 0 Å². The number of ether oxygens (including phenoxy) is 1. The molecule has 2 rings (SSSR count). The molecule has 7 heteroatoms. The Morgan fingerprint density at radius 2 is 2.23 bits per heavy atom. The van der Waals surface area contributed by atoms with Crippen LogP contribution in [0.25, 0.3) is 11.0 Å². The first-order chi connectivity index (χ1) is 6.22. The average molecular weight is 291 g/mol. The third-order valence-electron chi connectivity index (χ3n) is 1.56. The molecule has 13 heavy (non-hydrogen) atoms. The van der Waals surface area contributed by atoms with Crippen molar-refractivity contribution >= 4 is 39.4 Å². The minimum atomic E-state index is 0.230. The van der Waals surface area contributed by atoms with Crippen molar-refractivity contribution in [3.05, 3.63) is 3.70 Å². The highest BCUT2D eigenvalue weighted by atomic mass is 127. The lowest BCUT2D eigenvalue weighted by Gasteiger charge is -1.98. The van der Waals surface area contributed by atoms with Gasteiger partial charge < -0.3 is 10.5 Å². The van der Waals surface area contributed by atoms with E-state index in [1.165, 1.54) is 7.11 Å². The van der Waals surface area contributed by atoms with E-state index in [-0.39, 0.29) is 6.01 Å². The molecule has 0 spiro atoms. The van der Waals surface area contributed by atoms with Crippen LogP contribution in [-0.4, -0.2) is 27.3 Å². The zero-order chi connectivity index (χ0) is 9.42. The van der Waals surface area contributed by atoms with Crippen molar-refractivity contribution in [3.8, 4) is 6.01 Å². The molecule has 2 heterocycles. The van der Waals surface area contributed by atoms with Gasteiger partial charge in [0.1, 0.15) is 9.52 Å². The smallest absolute Gasteiger partial charge is 0.320 e. The monoisotopic (exact) mass is 291 g/mol. The molecule has 0 saturated carbocycles. The highest BCUT2D eigenvalue weighted by Crippen LogP contribution is 2.22. The van der Waals surface area contributed by atoms with Gasteiger partial charge in [0, 0.05) is 0 Å². The van der Waals surface area contributed by atoms with Gasteiger partial charge in [0.2, 0.25) is 0 Å². The van der Waals surface area contributed by atoms with Crippen molar-refractivity contribution in [2.45, 2.75) is 0 Å². The Bertz CT molecular complexity index is 453. The fourth-order valence-electron chi connectivity index (χ4n) is 0.986. The van der Waals surface area contributed by atoms with E-state index in [2.05, 4.69) is 42.8 Å². The van der Waals surface area contributed by atoms with E-state index in [1.54, 1.807) is 0 Å². The maximum atomic E-state index is 5.68. The summed E-state index contributed by atoms with van der Waals surface area (Å²) in [7, 11) is 1.48. The molecule has 2 aromatic rings.